The highest BCUT2D eigenvalue weighted by Gasteiger charge is 2.38. The monoisotopic (exact) mass is 303 g/mol. The Balaban J connectivity index is 1.68. The van der Waals surface area contributed by atoms with Crippen molar-refractivity contribution in [3.63, 3.8) is 0 Å². The molecule has 2 aliphatic rings. The highest BCUT2D eigenvalue weighted by Crippen LogP contribution is 2.39. The molecule has 3 rings (SSSR count). The van der Waals surface area contributed by atoms with Crippen molar-refractivity contribution in [1.82, 2.24) is 9.97 Å². The van der Waals surface area contributed by atoms with Crippen LogP contribution in [0.5, 0.6) is 0 Å². The third-order valence-corrected chi connectivity index (χ3v) is 4.94. The fourth-order valence-corrected chi connectivity index (χ4v) is 3.71. The third-order valence-electron chi connectivity index (χ3n) is 4.94. The Hall–Kier alpha value is -1.16. The molecule has 1 aliphatic heterocycles. The van der Waals surface area contributed by atoms with E-state index in [1.54, 1.807) is 0 Å². The summed E-state index contributed by atoms with van der Waals surface area (Å²) in [6.07, 6.45) is 10.5. The number of nitrogens with zero attached hydrogens (tertiary/aromatic N) is 2. The van der Waals surface area contributed by atoms with Crippen molar-refractivity contribution in [2.75, 3.05) is 11.9 Å². The molecule has 1 aromatic rings. The van der Waals surface area contributed by atoms with E-state index in [2.05, 4.69) is 31.1 Å². The van der Waals surface area contributed by atoms with Gasteiger partial charge in [-0.25, -0.2) is 9.97 Å². The van der Waals surface area contributed by atoms with E-state index in [-0.39, 0.29) is 11.0 Å². The zero-order valence-corrected chi connectivity index (χ0v) is 14.2. The van der Waals surface area contributed by atoms with Crippen LogP contribution in [-0.2, 0) is 10.2 Å². The van der Waals surface area contributed by atoms with Crippen LogP contribution in [0.3, 0.4) is 0 Å². The Bertz CT molecular complexity index is 498. The number of nitrogens with one attached hydrogen (secondary N) is 1. The lowest BCUT2D eigenvalue weighted by atomic mass is 9.78. The quantitative estimate of drug-likeness (QED) is 0.894. The maximum atomic E-state index is 6.18. The van der Waals surface area contributed by atoms with Crippen molar-refractivity contribution in [3.8, 4) is 0 Å². The highest BCUT2D eigenvalue weighted by atomic mass is 16.5. The van der Waals surface area contributed by atoms with Crippen LogP contribution in [0, 0.1) is 0 Å². The summed E-state index contributed by atoms with van der Waals surface area (Å²) in [7, 11) is 0. The van der Waals surface area contributed by atoms with Crippen LogP contribution in [0.4, 0.5) is 5.82 Å². The summed E-state index contributed by atoms with van der Waals surface area (Å²) >= 11 is 0. The molecule has 0 amide bonds. The first kappa shape index (κ1) is 15.7. The van der Waals surface area contributed by atoms with Crippen LogP contribution < -0.4 is 5.32 Å². The van der Waals surface area contributed by atoms with Crippen molar-refractivity contribution in [1.29, 1.82) is 0 Å². The molecule has 0 aromatic carbocycles. The van der Waals surface area contributed by atoms with Gasteiger partial charge in [0, 0.05) is 24.3 Å². The summed E-state index contributed by atoms with van der Waals surface area (Å²) in [6, 6.07) is 2.45. The van der Waals surface area contributed by atoms with Gasteiger partial charge in [0.25, 0.3) is 0 Å². The summed E-state index contributed by atoms with van der Waals surface area (Å²) in [5.74, 6) is 1.86. The Kier molecular flexibility index (Phi) is 4.40. The molecular formula is C18H29N3O. The predicted octanol–water partition coefficient (Wildman–Crippen LogP) is 4.07. The minimum absolute atomic E-state index is 0.0159. The Labute approximate surface area is 134 Å². The molecule has 2 heterocycles. The van der Waals surface area contributed by atoms with Crippen molar-refractivity contribution in [2.24, 2.45) is 0 Å². The van der Waals surface area contributed by atoms with Gasteiger partial charge in [0.2, 0.25) is 0 Å². The number of aromatic nitrogens is 2. The molecule has 1 saturated heterocycles. The van der Waals surface area contributed by atoms with Crippen molar-refractivity contribution in [3.05, 3.63) is 18.1 Å². The number of hydrogen-bond donors (Lipinski definition) is 1. The lowest BCUT2D eigenvalue weighted by molar-refractivity contribution is -0.103. The Morgan fingerprint density at radius 2 is 2.00 bits per heavy atom. The zero-order chi connectivity index (χ0) is 15.6. The summed E-state index contributed by atoms with van der Waals surface area (Å²) in [6.45, 7) is 7.32. The first-order valence-corrected chi connectivity index (χ1v) is 8.71. The lowest BCUT2D eigenvalue weighted by Gasteiger charge is -2.43. The van der Waals surface area contributed by atoms with Gasteiger partial charge in [-0.05, 0) is 31.7 Å². The lowest BCUT2D eigenvalue weighted by Crippen LogP contribution is -2.45. The molecule has 1 N–H and O–H groups in total. The molecule has 4 heteroatoms. The van der Waals surface area contributed by atoms with E-state index < -0.39 is 0 Å². The fourth-order valence-electron chi connectivity index (χ4n) is 3.71. The van der Waals surface area contributed by atoms with E-state index in [4.69, 9.17) is 9.72 Å². The molecule has 1 atom stereocenters. The first-order valence-electron chi connectivity index (χ1n) is 8.71. The van der Waals surface area contributed by atoms with Crippen LogP contribution in [0.2, 0.25) is 0 Å². The van der Waals surface area contributed by atoms with E-state index in [0.717, 1.165) is 31.1 Å². The van der Waals surface area contributed by atoms with E-state index in [1.807, 2.05) is 12.3 Å². The molecule has 4 nitrogen and oxygen atoms in total. The van der Waals surface area contributed by atoms with Gasteiger partial charge in [-0.3, -0.25) is 0 Å². The van der Waals surface area contributed by atoms with Crippen LogP contribution in [0.25, 0.3) is 0 Å². The average molecular weight is 303 g/mol. The second-order valence-electron chi connectivity index (χ2n) is 7.94. The molecule has 0 radical (unpaired) electrons. The van der Waals surface area contributed by atoms with E-state index in [9.17, 15) is 0 Å². The molecule has 1 aromatic heterocycles. The van der Waals surface area contributed by atoms with E-state index >= 15 is 0 Å². The van der Waals surface area contributed by atoms with Gasteiger partial charge in [0.15, 0.2) is 0 Å². The van der Waals surface area contributed by atoms with Crippen LogP contribution in [0.15, 0.2) is 12.3 Å². The van der Waals surface area contributed by atoms with E-state index in [0.29, 0.717) is 6.04 Å². The van der Waals surface area contributed by atoms with Gasteiger partial charge in [0.1, 0.15) is 11.6 Å². The second-order valence-corrected chi connectivity index (χ2v) is 7.94. The largest absolute Gasteiger partial charge is 0.375 e. The second kappa shape index (κ2) is 6.15. The van der Waals surface area contributed by atoms with Crippen LogP contribution >= 0.6 is 0 Å². The van der Waals surface area contributed by atoms with Gasteiger partial charge in [0.05, 0.1) is 5.60 Å². The molecule has 1 saturated carbocycles. The number of ether oxygens (including phenoxy) is 1. The van der Waals surface area contributed by atoms with Gasteiger partial charge in [-0.1, -0.05) is 40.0 Å². The van der Waals surface area contributed by atoms with E-state index in [1.165, 1.54) is 32.1 Å². The molecule has 0 bridgehead atoms. The zero-order valence-electron chi connectivity index (χ0n) is 14.2. The molecule has 122 valence electrons. The Morgan fingerprint density at radius 1 is 1.23 bits per heavy atom. The molecular weight excluding hydrogens is 274 g/mol. The predicted molar refractivity (Wildman–Crippen MR) is 89.1 cm³/mol. The maximum Gasteiger partial charge on any atom is 0.135 e. The standard InChI is InChI=1S/C18H29N3O/c1-17(2,3)16-19-11-7-15(21-16)20-14-8-12-22-18(13-14)9-5-4-6-10-18/h7,11,14H,4-6,8-10,12-13H2,1-3H3,(H,19,20,21). The molecule has 1 unspecified atom stereocenters. The number of anilines is 1. The van der Waals surface area contributed by atoms with Gasteiger partial charge >= 0.3 is 0 Å². The van der Waals surface area contributed by atoms with Crippen molar-refractivity contribution >= 4 is 5.82 Å². The Morgan fingerprint density at radius 3 is 2.73 bits per heavy atom. The average Bonchev–Trinajstić information content (AvgIpc) is 2.47. The SMILES string of the molecule is CC(C)(C)c1nccc(NC2CCOC3(CCCCC3)C2)n1. The summed E-state index contributed by atoms with van der Waals surface area (Å²) in [5, 5.41) is 3.63. The summed E-state index contributed by atoms with van der Waals surface area (Å²) in [4.78, 5) is 9.12. The minimum Gasteiger partial charge on any atom is -0.375 e. The maximum absolute atomic E-state index is 6.18. The van der Waals surface area contributed by atoms with Gasteiger partial charge in [-0.2, -0.15) is 0 Å². The minimum atomic E-state index is -0.0159. The van der Waals surface area contributed by atoms with Gasteiger partial charge in [-0.15, -0.1) is 0 Å². The van der Waals surface area contributed by atoms with Crippen molar-refractivity contribution < 1.29 is 4.74 Å². The number of hydrogen-bond acceptors (Lipinski definition) is 4. The highest BCUT2D eigenvalue weighted by molar-refractivity contribution is 5.35. The summed E-state index contributed by atoms with van der Waals surface area (Å²) < 4.78 is 6.18. The molecule has 1 aliphatic carbocycles. The van der Waals surface area contributed by atoms with Crippen LogP contribution in [-0.4, -0.2) is 28.2 Å². The number of rotatable bonds is 2. The molecule has 22 heavy (non-hydrogen) atoms. The first-order chi connectivity index (χ1) is 10.5. The van der Waals surface area contributed by atoms with Crippen LogP contribution in [0.1, 0.15) is 71.5 Å². The topological polar surface area (TPSA) is 47.0 Å². The third kappa shape index (κ3) is 3.60. The normalized spacial score (nSPS) is 25.1. The fraction of sp³-hybridized carbons (Fsp3) is 0.778. The van der Waals surface area contributed by atoms with Gasteiger partial charge < -0.3 is 10.1 Å². The summed E-state index contributed by atoms with van der Waals surface area (Å²) in [5.41, 5.74) is 0.117. The molecule has 1 spiro atoms. The molecule has 2 fully saturated rings. The smallest absolute Gasteiger partial charge is 0.135 e. The van der Waals surface area contributed by atoms with Crippen molar-refractivity contribution in [2.45, 2.75) is 82.8 Å².